The van der Waals surface area contributed by atoms with Crippen molar-refractivity contribution in [3.63, 3.8) is 0 Å². The van der Waals surface area contributed by atoms with Gasteiger partial charge in [0, 0.05) is 30.9 Å². The Kier molecular flexibility index (Phi) is 8.20. The molecule has 6 heteroatoms. The smallest absolute Gasteiger partial charge is 0.226 e. The molecule has 0 saturated heterocycles. The summed E-state index contributed by atoms with van der Waals surface area (Å²) in [6, 6.07) is 0. The molecule has 0 bridgehead atoms. The second-order valence-electron chi connectivity index (χ2n) is 8.16. The molecule has 1 atom stereocenters. The van der Waals surface area contributed by atoms with E-state index in [1.165, 1.54) is 12.0 Å². The van der Waals surface area contributed by atoms with Crippen LogP contribution in [0.25, 0.3) is 0 Å². The van der Waals surface area contributed by atoms with E-state index in [9.17, 15) is 4.79 Å². The van der Waals surface area contributed by atoms with Crippen molar-refractivity contribution < 1.29 is 4.79 Å². The average Bonchev–Trinajstić information content (AvgIpc) is 2.61. The summed E-state index contributed by atoms with van der Waals surface area (Å²) < 4.78 is 0. The van der Waals surface area contributed by atoms with Gasteiger partial charge in [0.15, 0.2) is 5.96 Å². The van der Waals surface area contributed by atoms with Crippen LogP contribution in [0.3, 0.4) is 0 Å². The molecule has 0 radical (unpaired) electrons. The average molecular weight is 374 g/mol. The zero-order valence-electron chi connectivity index (χ0n) is 17.3. The van der Waals surface area contributed by atoms with Gasteiger partial charge in [0.05, 0.1) is 0 Å². The SMILES string of the molecule is CCC(CCCCCCC(=O)NC1=NCCC(C)(C)N1)c1cnc(C)nc1. The summed E-state index contributed by atoms with van der Waals surface area (Å²) in [5, 5.41) is 6.18. The van der Waals surface area contributed by atoms with Crippen LogP contribution in [0, 0.1) is 6.92 Å². The first-order valence-electron chi connectivity index (χ1n) is 10.3. The van der Waals surface area contributed by atoms with Crippen molar-refractivity contribution in [2.75, 3.05) is 6.54 Å². The maximum absolute atomic E-state index is 12.1. The minimum Gasteiger partial charge on any atom is -0.351 e. The van der Waals surface area contributed by atoms with Crippen LogP contribution in [-0.4, -0.2) is 33.9 Å². The lowest BCUT2D eigenvalue weighted by atomic mass is 9.92. The van der Waals surface area contributed by atoms with Gasteiger partial charge < -0.3 is 5.32 Å². The third-order valence-corrected chi connectivity index (χ3v) is 5.19. The number of hydrogen-bond donors (Lipinski definition) is 2. The number of aliphatic imine (C=N–C) groups is 1. The molecule has 27 heavy (non-hydrogen) atoms. The molecule has 0 spiro atoms. The first-order chi connectivity index (χ1) is 12.9. The predicted molar refractivity (Wildman–Crippen MR) is 110 cm³/mol. The quantitative estimate of drug-likeness (QED) is 0.644. The van der Waals surface area contributed by atoms with Gasteiger partial charge in [-0.2, -0.15) is 0 Å². The number of guanidine groups is 1. The van der Waals surface area contributed by atoms with E-state index in [1.54, 1.807) is 0 Å². The molecule has 150 valence electrons. The van der Waals surface area contributed by atoms with Crippen LogP contribution in [0.2, 0.25) is 0 Å². The van der Waals surface area contributed by atoms with Crippen molar-refractivity contribution in [3.05, 3.63) is 23.8 Å². The lowest BCUT2D eigenvalue weighted by molar-refractivity contribution is -0.119. The minimum atomic E-state index is 0.00265. The number of aromatic nitrogens is 2. The molecule has 2 N–H and O–H groups in total. The van der Waals surface area contributed by atoms with Gasteiger partial charge >= 0.3 is 0 Å². The Labute approximate surface area is 163 Å². The monoisotopic (exact) mass is 373 g/mol. The Hall–Kier alpha value is -1.98. The molecule has 6 nitrogen and oxygen atoms in total. The van der Waals surface area contributed by atoms with Crippen LogP contribution in [-0.2, 0) is 4.79 Å². The van der Waals surface area contributed by atoms with E-state index < -0.39 is 0 Å². The van der Waals surface area contributed by atoms with Crippen molar-refractivity contribution in [2.24, 2.45) is 4.99 Å². The number of aryl methyl sites for hydroxylation is 1. The summed E-state index contributed by atoms with van der Waals surface area (Å²) >= 11 is 0. The van der Waals surface area contributed by atoms with Crippen LogP contribution in [0.4, 0.5) is 0 Å². The van der Waals surface area contributed by atoms with E-state index in [-0.39, 0.29) is 11.4 Å². The number of carbonyl (C=O) groups is 1. The van der Waals surface area contributed by atoms with Gasteiger partial charge in [0.25, 0.3) is 0 Å². The van der Waals surface area contributed by atoms with Gasteiger partial charge in [0.1, 0.15) is 5.82 Å². The molecule has 1 amide bonds. The highest BCUT2D eigenvalue weighted by Crippen LogP contribution is 2.25. The van der Waals surface area contributed by atoms with Crippen molar-refractivity contribution >= 4 is 11.9 Å². The fourth-order valence-corrected chi connectivity index (χ4v) is 3.38. The van der Waals surface area contributed by atoms with Crippen molar-refractivity contribution in [1.82, 2.24) is 20.6 Å². The zero-order valence-corrected chi connectivity index (χ0v) is 17.3. The molecule has 2 rings (SSSR count). The lowest BCUT2D eigenvalue weighted by Crippen LogP contribution is -2.53. The van der Waals surface area contributed by atoms with Crippen LogP contribution in [0.15, 0.2) is 17.4 Å². The number of hydrogen-bond acceptors (Lipinski definition) is 5. The van der Waals surface area contributed by atoms with Crippen LogP contribution >= 0.6 is 0 Å². The lowest BCUT2D eigenvalue weighted by Gasteiger charge is -2.31. The van der Waals surface area contributed by atoms with Crippen molar-refractivity contribution in [2.45, 2.75) is 90.5 Å². The summed E-state index contributed by atoms with van der Waals surface area (Å²) in [6.45, 7) is 9.15. The molecule has 0 aliphatic carbocycles. The van der Waals surface area contributed by atoms with E-state index in [0.29, 0.717) is 18.3 Å². The molecule has 0 fully saturated rings. The van der Waals surface area contributed by atoms with Gasteiger partial charge in [0.2, 0.25) is 5.91 Å². The fraction of sp³-hybridized carbons (Fsp3) is 0.714. The van der Waals surface area contributed by atoms with Crippen molar-refractivity contribution in [1.29, 1.82) is 0 Å². The summed E-state index contributed by atoms with van der Waals surface area (Å²) in [5.41, 5.74) is 1.24. The summed E-state index contributed by atoms with van der Waals surface area (Å²) in [4.78, 5) is 25.0. The van der Waals surface area contributed by atoms with Crippen molar-refractivity contribution in [3.8, 4) is 0 Å². The second-order valence-corrected chi connectivity index (χ2v) is 8.16. The maximum Gasteiger partial charge on any atom is 0.226 e. The first-order valence-corrected chi connectivity index (χ1v) is 10.3. The van der Waals surface area contributed by atoms with E-state index in [2.05, 4.69) is 46.4 Å². The highest BCUT2D eigenvalue weighted by Gasteiger charge is 2.23. The summed E-state index contributed by atoms with van der Waals surface area (Å²) in [5.74, 6) is 2.04. The number of nitrogens with zero attached hydrogens (tertiary/aromatic N) is 3. The van der Waals surface area contributed by atoms with Gasteiger partial charge in [-0.15, -0.1) is 0 Å². The number of amides is 1. The maximum atomic E-state index is 12.1. The molecule has 1 aromatic rings. The largest absolute Gasteiger partial charge is 0.351 e. The van der Waals surface area contributed by atoms with Crippen LogP contribution in [0.1, 0.15) is 89.4 Å². The molecule has 1 aliphatic rings. The fourth-order valence-electron chi connectivity index (χ4n) is 3.38. The van der Waals surface area contributed by atoms with Gasteiger partial charge in [-0.1, -0.05) is 26.2 Å². The summed E-state index contributed by atoms with van der Waals surface area (Å²) in [6.07, 6.45) is 12.1. The molecule has 1 unspecified atom stereocenters. The van der Waals surface area contributed by atoms with Crippen LogP contribution in [0.5, 0.6) is 0 Å². The molecule has 1 aromatic heterocycles. The van der Waals surface area contributed by atoms with E-state index in [1.807, 2.05) is 19.3 Å². The normalized spacial score (nSPS) is 17.0. The topological polar surface area (TPSA) is 79.3 Å². The van der Waals surface area contributed by atoms with Crippen LogP contribution < -0.4 is 10.6 Å². The van der Waals surface area contributed by atoms with Gasteiger partial charge in [-0.05, 0) is 57.9 Å². The molecule has 0 saturated carbocycles. The molecule has 1 aliphatic heterocycles. The molecular weight excluding hydrogens is 338 g/mol. The predicted octanol–water partition coefficient (Wildman–Crippen LogP) is 3.86. The summed E-state index contributed by atoms with van der Waals surface area (Å²) in [7, 11) is 0. The number of nitrogens with one attached hydrogen (secondary N) is 2. The Morgan fingerprint density at radius 2 is 1.93 bits per heavy atom. The minimum absolute atomic E-state index is 0.00265. The number of carbonyl (C=O) groups excluding carboxylic acids is 1. The van der Waals surface area contributed by atoms with Gasteiger partial charge in [-0.3, -0.25) is 15.1 Å². The molecule has 0 aromatic carbocycles. The highest BCUT2D eigenvalue weighted by atomic mass is 16.1. The Morgan fingerprint density at radius 3 is 2.59 bits per heavy atom. The Bertz CT molecular complexity index is 624. The molecule has 2 heterocycles. The van der Waals surface area contributed by atoms with E-state index >= 15 is 0 Å². The standard InChI is InChI=1S/C21H35N5O/c1-5-17(18-14-23-16(2)24-15-18)10-8-6-7-9-11-19(27)25-20-22-13-12-21(3,4)26-20/h14-15,17H,5-13H2,1-4H3,(H2,22,25,26,27). The van der Waals surface area contributed by atoms with Gasteiger partial charge in [-0.25, -0.2) is 9.97 Å². The second kappa shape index (κ2) is 10.4. The number of unbranched alkanes of at least 4 members (excludes halogenated alkanes) is 3. The Morgan fingerprint density at radius 1 is 1.22 bits per heavy atom. The third-order valence-electron chi connectivity index (χ3n) is 5.19. The first kappa shape index (κ1) is 21.3. The van der Waals surface area contributed by atoms with E-state index in [4.69, 9.17) is 0 Å². The highest BCUT2D eigenvalue weighted by molar-refractivity contribution is 5.97. The third kappa shape index (κ3) is 7.65. The molecular formula is C21H35N5O. The van der Waals surface area contributed by atoms with E-state index in [0.717, 1.165) is 50.9 Å². The zero-order chi connectivity index (χ0) is 19.7. The Balaban J connectivity index is 1.59. The number of rotatable bonds is 9.